The monoisotopic (exact) mass is 296 g/mol. The van der Waals surface area contributed by atoms with Crippen LogP contribution in [0.4, 0.5) is 5.69 Å². The average molecular weight is 296 g/mol. The molecule has 22 heavy (non-hydrogen) atoms. The molecule has 1 saturated heterocycles. The number of fused-ring (bicyclic) bond motifs is 2. The Morgan fingerprint density at radius 2 is 2.05 bits per heavy atom. The Bertz CT molecular complexity index is 736. The molecule has 1 amide bonds. The van der Waals surface area contributed by atoms with Crippen LogP contribution in [0.1, 0.15) is 23.5 Å². The predicted molar refractivity (Wildman–Crippen MR) is 84.9 cm³/mol. The number of para-hydroxylation sites is 1. The van der Waals surface area contributed by atoms with Gasteiger partial charge in [-0.25, -0.2) is 0 Å². The number of nitrogens with zero attached hydrogens (tertiary/aromatic N) is 2. The molecule has 0 saturated carbocycles. The Kier molecular flexibility index (Phi) is 2.91. The molecule has 1 spiro atoms. The highest BCUT2D eigenvalue weighted by Crippen LogP contribution is 2.46. The third kappa shape index (κ3) is 1.83. The fourth-order valence-corrected chi connectivity index (χ4v) is 3.93. The Morgan fingerprint density at radius 3 is 2.82 bits per heavy atom. The van der Waals surface area contributed by atoms with Gasteiger partial charge in [0.15, 0.2) is 0 Å². The highest BCUT2D eigenvalue weighted by Gasteiger charge is 2.53. The van der Waals surface area contributed by atoms with Crippen molar-refractivity contribution in [2.24, 2.45) is 0 Å². The lowest BCUT2D eigenvalue weighted by molar-refractivity contribution is -0.122. The zero-order valence-electron chi connectivity index (χ0n) is 13.0. The highest BCUT2D eigenvalue weighted by molar-refractivity contribution is 6.08. The topological polar surface area (TPSA) is 36.7 Å². The molecule has 114 valence electrons. The first-order valence-corrected chi connectivity index (χ1v) is 7.75. The normalized spacial score (nSPS) is 24.5. The molecule has 3 heterocycles. The molecule has 0 aliphatic carbocycles. The number of aryl methyl sites for hydroxylation is 1. The van der Waals surface area contributed by atoms with E-state index in [1.54, 1.807) is 0 Å². The predicted octanol–water partition coefficient (Wildman–Crippen LogP) is 2.71. The second kappa shape index (κ2) is 4.71. The van der Waals surface area contributed by atoms with E-state index in [9.17, 15) is 4.79 Å². The van der Waals surface area contributed by atoms with Gasteiger partial charge in [0, 0.05) is 25.8 Å². The third-order valence-corrected chi connectivity index (χ3v) is 5.02. The number of rotatable bonds is 2. The number of likely N-dealkylation sites (N-methyl/N-ethyl adjacent to an activating group) is 1. The molecule has 0 radical (unpaired) electrons. The van der Waals surface area contributed by atoms with E-state index in [4.69, 9.17) is 4.42 Å². The van der Waals surface area contributed by atoms with Crippen LogP contribution < -0.4 is 4.90 Å². The Hall–Kier alpha value is -2.07. The maximum Gasteiger partial charge on any atom is 0.238 e. The smallest absolute Gasteiger partial charge is 0.238 e. The summed E-state index contributed by atoms with van der Waals surface area (Å²) in [5.74, 6) is 2.14. The van der Waals surface area contributed by atoms with Crippen molar-refractivity contribution in [2.75, 3.05) is 25.0 Å². The van der Waals surface area contributed by atoms with E-state index in [0.717, 1.165) is 43.3 Å². The molecular weight excluding hydrogens is 276 g/mol. The van der Waals surface area contributed by atoms with Gasteiger partial charge in [-0.15, -0.1) is 0 Å². The zero-order valence-corrected chi connectivity index (χ0v) is 13.0. The number of benzene rings is 1. The maximum atomic E-state index is 12.9. The molecule has 1 aromatic carbocycles. The lowest BCUT2D eigenvalue weighted by atomic mass is 9.81. The molecule has 0 bridgehead atoms. The summed E-state index contributed by atoms with van der Waals surface area (Å²) in [5, 5.41) is 0. The molecule has 2 aliphatic rings. The van der Waals surface area contributed by atoms with Gasteiger partial charge in [0.05, 0.1) is 12.0 Å². The van der Waals surface area contributed by atoms with E-state index in [-0.39, 0.29) is 11.3 Å². The zero-order chi connectivity index (χ0) is 15.3. The number of amides is 1. The van der Waals surface area contributed by atoms with Crippen LogP contribution in [0.25, 0.3) is 0 Å². The lowest BCUT2D eigenvalue weighted by Gasteiger charge is -2.23. The first-order valence-electron chi connectivity index (χ1n) is 7.75. The van der Waals surface area contributed by atoms with E-state index < -0.39 is 0 Å². The van der Waals surface area contributed by atoms with Crippen molar-refractivity contribution < 1.29 is 9.21 Å². The summed E-state index contributed by atoms with van der Waals surface area (Å²) in [7, 11) is 1.88. The lowest BCUT2D eigenvalue weighted by Crippen LogP contribution is -2.40. The number of hydrogen-bond donors (Lipinski definition) is 0. The van der Waals surface area contributed by atoms with Gasteiger partial charge in [-0.3, -0.25) is 9.69 Å². The second-order valence-corrected chi connectivity index (χ2v) is 6.44. The third-order valence-electron chi connectivity index (χ3n) is 5.02. The summed E-state index contributed by atoms with van der Waals surface area (Å²) in [6, 6.07) is 12.2. The van der Waals surface area contributed by atoms with Gasteiger partial charge in [0.2, 0.25) is 5.91 Å². The van der Waals surface area contributed by atoms with Gasteiger partial charge in [0.1, 0.15) is 11.5 Å². The molecule has 4 nitrogen and oxygen atoms in total. The molecule has 1 unspecified atom stereocenters. The minimum absolute atomic E-state index is 0.229. The number of carbonyl (C=O) groups excluding carboxylic acids is 1. The van der Waals surface area contributed by atoms with Gasteiger partial charge >= 0.3 is 0 Å². The fraction of sp³-hybridized carbons (Fsp3) is 0.389. The van der Waals surface area contributed by atoms with E-state index in [2.05, 4.69) is 11.0 Å². The summed E-state index contributed by atoms with van der Waals surface area (Å²) < 4.78 is 5.68. The van der Waals surface area contributed by atoms with Gasteiger partial charge in [-0.2, -0.15) is 0 Å². The Morgan fingerprint density at radius 1 is 1.23 bits per heavy atom. The van der Waals surface area contributed by atoms with Crippen LogP contribution in [0.3, 0.4) is 0 Å². The molecular formula is C18H20N2O2. The molecule has 4 heteroatoms. The van der Waals surface area contributed by atoms with E-state index in [0.29, 0.717) is 0 Å². The molecule has 0 N–H and O–H groups in total. The van der Waals surface area contributed by atoms with Crippen LogP contribution >= 0.6 is 0 Å². The number of likely N-dealkylation sites (tertiary alicyclic amines) is 1. The van der Waals surface area contributed by atoms with Crippen LogP contribution in [-0.2, 0) is 16.8 Å². The summed E-state index contributed by atoms with van der Waals surface area (Å²) in [5.41, 5.74) is 1.87. The molecule has 4 rings (SSSR count). The van der Waals surface area contributed by atoms with Crippen molar-refractivity contribution >= 4 is 11.6 Å². The quantitative estimate of drug-likeness (QED) is 0.855. The molecule has 1 aromatic heterocycles. The number of furan rings is 1. The van der Waals surface area contributed by atoms with Crippen LogP contribution in [0.15, 0.2) is 40.8 Å². The van der Waals surface area contributed by atoms with Crippen molar-refractivity contribution in [1.29, 1.82) is 0 Å². The van der Waals surface area contributed by atoms with Crippen molar-refractivity contribution in [1.82, 2.24) is 4.90 Å². The minimum atomic E-state index is -0.368. The summed E-state index contributed by atoms with van der Waals surface area (Å²) >= 11 is 0. The summed E-state index contributed by atoms with van der Waals surface area (Å²) in [6.45, 7) is 4.43. The van der Waals surface area contributed by atoms with Gasteiger partial charge in [-0.05, 0) is 37.1 Å². The van der Waals surface area contributed by atoms with Gasteiger partial charge < -0.3 is 9.32 Å². The summed E-state index contributed by atoms with van der Waals surface area (Å²) in [4.78, 5) is 17.0. The Balaban J connectivity index is 1.62. The number of anilines is 1. The molecule has 2 aromatic rings. The minimum Gasteiger partial charge on any atom is -0.465 e. The molecule has 2 aliphatic heterocycles. The second-order valence-electron chi connectivity index (χ2n) is 6.44. The largest absolute Gasteiger partial charge is 0.465 e. The first kappa shape index (κ1) is 13.6. The van der Waals surface area contributed by atoms with Crippen molar-refractivity contribution in [2.45, 2.75) is 25.3 Å². The van der Waals surface area contributed by atoms with Crippen molar-refractivity contribution in [3.05, 3.63) is 53.5 Å². The fourth-order valence-electron chi connectivity index (χ4n) is 3.93. The van der Waals surface area contributed by atoms with Crippen LogP contribution in [0.5, 0.6) is 0 Å². The first-order chi connectivity index (χ1) is 10.6. The molecule has 1 fully saturated rings. The van der Waals surface area contributed by atoms with Crippen molar-refractivity contribution in [3.63, 3.8) is 0 Å². The number of carbonyl (C=O) groups is 1. The maximum absolute atomic E-state index is 12.9. The standard InChI is InChI=1S/C18H20N2O2/c1-13-7-8-14(22-13)11-20-10-9-18(12-20)15-5-3-4-6-16(15)19(2)17(18)21/h3-8H,9-12H2,1-2H3. The Labute approximate surface area is 130 Å². The van der Waals surface area contributed by atoms with Gasteiger partial charge in [-0.1, -0.05) is 18.2 Å². The van der Waals surface area contributed by atoms with Crippen LogP contribution in [0, 0.1) is 6.92 Å². The van der Waals surface area contributed by atoms with Crippen LogP contribution in [-0.4, -0.2) is 30.9 Å². The van der Waals surface area contributed by atoms with Crippen molar-refractivity contribution in [3.8, 4) is 0 Å². The van der Waals surface area contributed by atoms with E-state index >= 15 is 0 Å². The van der Waals surface area contributed by atoms with Gasteiger partial charge in [0.25, 0.3) is 0 Å². The number of hydrogen-bond acceptors (Lipinski definition) is 3. The highest BCUT2D eigenvalue weighted by atomic mass is 16.3. The van der Waals surface area contributed by atoms with E-state index in [1.807, 2.05) is 49.2 Å². The average Bonchev–Trinajstić information content (AvgIpc) is 3.18. The summed E-state index contributed by atoms with van der Waals surface area (Å²) in [6.07, 6.45) is 0.882. The molecule has 1 atom stereocenters. The van der Waals surface area contributed by atoms with Crippen LogP contribution in [0.2, 0.25) is 0 Å². The van der Waals surface area contributed by atoms with E-state index in [1.165, 1.54) is 5.56 Å². The SMILES string of the molecule is Cc1ccc(CN2CCC3(C2)C(=O)N(C)c2ccccc23)o1.